The molecule has 0 aliphatic heterocycles. The van der Waals surface area contributed by atoms with E-state index in [1.165, 1.54) is 11.8 Å². The molecule has 0 fully saturated rings. The topological polar surface area (TPSA) is 49.4 Å². The molecule has 0 aliphatic rings. The molecule has 0 aliphatic carbocycles. The van der Waals surface area contributed by atoms with Crippen molar-refractivity contribution in [3.63, 3.8) is 0 Å². The van der Waals surface area contributed by atoms with Gasteiger partial charge in [0.25, 0.3) is 0 Å². The lowest BCUT2D eigenvalue weighted by atomic mass is 10.2. The molecule has 0 radical (unpaired) electrons. The normalized spacial score (nSPS) is 10.3. The maximum Gasteiger partial charge on any atom is 0.240 e. The van der Waals surface area contributed by atoms with Gasteiger partial charge in [-0.2, -0.15) is 0 Å². The molecule has 1 rings (SSSR count). The van der Waals surface area contributed by atoms with E-state index in [1.54, 1.807) is 24.3 Å². The third-order valence-electron chi connectivity index (χ3n) is 2.25. The number of carbonyl (C=O) groups excluding carboxylic acids is 2. The van der Waals surface area contributed by atoms with Crippen molar-refractivity contribution in [2.24, 2.45) is 0 Å². The highest BCUT2D eigenvalue weighted by molar-refractivity contribution is 6.30. The third-order valence-corrected chi connectivity index (χ3v) is 2.49. The van der Waals surface area contributed by atoms with Crippen LogP contribution < -0.4 is 10.2 Å². The van der Waals surface area contributed by atoms with Gasteiger partial charge in [-0.25, -0.2) is 0 Å². The second kappa shape index (κ2) is 6.40. The van der Waals surface area contributed by atoms with Gasteiger partial charge in [0.2, 0.25) is 11.8 Å². The summed E-state index contributed by atoms with van der Waals surface area (Å²) >= 11 is 5.88. The van der Waals surface area contributed by atoms with E-state index in [0.29, 0.717) is 10.7 Å². The second-order valence-electron chi connectivity index (χ2n) is 4.31. The minimum Gasteiger partial charge on any atom is -0.352 e. The Kier molecular flexibility index (Phi) is 5.16. The van der Waals surface area contributed by atoms with Gasteiger partial charge in [-0.15, -0.1) is 0 Å². The number of halogens is 1. The lowest BCUT2D eigenvalue weighted by Crippen LogP contribution is -2.42. The van der Waals surface area contributed by atoms with Crippen LogP contribution in [0.5, 0.6) is 0 Å². The summed E-state index contributed by atoms with van der Waals surface area (Å²) in [5, 5.41) is 3.28. The molecule has 98 valence electrons. The van der Waals surface area contributed by atoms with Crippen LogP contribution in [0.2, 0.25) is 5.02 Å². The van der Waals surface area contributed by atoms with E-state index in [4.69, 9.17) is 11.6 Å². The third kappa shape index (κ3) is 4.37. The van der Waals surface area contributed by atoms with Crippen LogP contribution in [0.3, 0.4) is 0 Å². The molecule has 0 bridgehead atoms. The first kappa shape index (κ1) is 14.5. The molecule has 4 nitrogen and oxygen atoms in total. The quantitative estimate of drug-likeness (QED) is 0.910. The molecule has 0 heterocycles. The zero-order valence-electron chi connectivity index (χ0n) is 10.7. The largest absolute Gasteiger partial charge is 0.352 e. The van der Waals surface area contributed by atoms with Crippen LogP contribution in [0.4, 0.5) is 5.69 Å². The van der Waals surface area contributed by atoms with Gasteiger partial charge in [0.15, 0.2) is 0 Å². The Morgan fingerprint density at radius 1 is 1.39 bits per heavy atom. The number of benzene rings is 1. The lowest BCUT2D eigenvalue weighted by Gasteiger charge is -2.21. The Bertz CT molecular complexity index is 446. The van der Waals surface area contributed by atoms with Crippen molar-refractivity contribution in [2.45, 2.75) is 26.8 Å². The van der Waals surface area contributed by atoms with Gasteiger partial charge in [-0.3, -0.25) is 9.59 Å². The lowest BCUT2D eigenvalue weighted by molar-refractivity contribution is -0.123. The van der Waals surface area contributed by atoms with E-state index in [1.807, 2.05) is 13.8 Å². The molecule has 0 atom stereocenters. The first-order valence-corrected chi connectivity index (χ1v) is 6.11. The first-order valence-electron chi connectivity index (χ1n) is 5.73. The predicted octanol–water partition coefficient (Wildman–Crippen LogP) is 2.22. The van der Waals surface area contributed by atoms with Crippen LogP contribution in [-0.2, 0) is 9.59 Å². The minimum absolute atomic E-state index is 0.00610. The zero-order chi connectivity index (χ0) is 13.7. The standard InChI is InChI=1S/C13H17ClN2O2/c1-9(2)15-13(18)8-16(10(3)17)12-6-4-5-11(14)7-12/h4-7,9H,8H2,1-3H3,(H,15,18). The molecular weight excluding hydrogens is 252 g/mol. The number of rotatable bonds is 4. The molecule has 0 saturated carbocycles. The Labute approximate surface area is 112 Å². The Morgan fingerprint density at radius 2 is 2.06 bits per heavy atom. The molecule has 18 heavy (non-hydrogen) atoms. The Morgan fingerprint density at radius 3 is 2.56 bits per heavy atom. The van der Waals surface area contributed by atoms with Crippen LogP contribution in [0.1, 0.15) is 20.8 Å². The monoisotopic (exact) mass is 268 g/mol. The number of nitrogens with one attached hydrogen (secondary N) is 1. The maximum absolute atomic E-state index is 11.7. The Balaban J connectivity index is 2.84. The fourth-order valence-electron chi connectivity index (χ4n) is 1.54. The van der Waals surface area contributed by atoms with E-state index in [9.17, 15) is 9.59 Å². The Hall–Kier alpha value is -1.55. The number of hydrogen-bond donors (Lipinski definition) is 1. The predicted molar refractivity (Wildman–Crippen MR) is 72.8 cm³/mol. The highest BCUT2D eigenvalue weighted by atomic mass is 35.5. The molecule has 1 aromatic rings. The summed E-state index contributed by atoms with van der Waals surface area (Å²) in [5.74, 6) is -0.392. The smallest absolute Gasteiger partial charge is 0.240 e. The van der Waals surface area contributed by atoms with Crippen molar-refractivity contribution >= 4 is 29.1 Å². The summed E-state index contributed by atoms with van der Waals surface area (Å²) in [5.41, 5.74) is 0.619. The molecule has 1 aromatic carbocycles. The van der Waals surface area contributed by atoms with Crippen molar-refractivity contribution < 1.29 is 9.59 Å². The summed E-state index contributed by atoms with van der Waals surface area (Å²) in [4.78, 5) is 24.7. The average Bonchev–Trinajstić information content (AvgIpc) is 2.24. The van der Waals surface area contributed by atoms with Crippen molar-refractivity contribution in [1.29, 1.82) is 0 Å². The number of hydrogen-bond acceptors (Lipinski definition) is 2. The molecule has 0 saturated heterocycles. The van der Waals surface area contributed by atoms with Gasteiger partial charge in [-0.1, -0.05) is 17.7 Å². The van der Waals surface area contributed by atoms with Gasteiger partial charge in [-0.05, 0) is 32.0 Å². The number of amides is 2. The fraction of sp³-hybridized carbons (Fsp3) is 0.385. The van der Waals surface area contributed by atoms with Gasteiger partial charge in [0.1, 0.15) is 6.54 Å². The van der Waals surface area contributed by atoms with Gasteiger partial charge >= 0.3 is 0 Å². The first-order chi connectivity index (χ1) is 8.40. The van der Waals surface area contributed by atoms with Crippen molar-refractivity contribution in [2.75, 3.05) is 11.4 Å². The highest BCUT2D eigenvalue weighted by Crippen LogP contribution is 2.19. The molecule has 5 heteroatoms. The van der Waals surface area contributed by atoms with Crippen molar-refractivity contribution in [3.05, 3.63) is 29.3 Å². The van der Waals surface area contributed by atoms with Crippen LogP contribution in [0.25, 0.3) is 0 Å². The van der Waals surface area contributed by atoms with Gasteiger partial charge < -0.3 is 10.2 Å². The average molecular weight is 269 g/mol. The maximum atomic E-state index is 11.7. The zero-order valence-corrected chi connectivity index (χ0v) is 11.5. The summed E-state index contributed by atoms with van der Waals surface area (Å²) < 4.78 is 0. The number of carbonyl (C=O) groups is 2. The SMILES string of the molecule is CC(=O)N(CC(=O)NC(C)C)c1cccc(Cl)c1. The van der Waals surface area contributed by atoms with E-state index >= 15 is 0 Å². The summed E-state index contributed by atoms with van der Waals surface area (Å²) in [6.07, 6.45) is 0. The fourth-order valence-corrected chi connectivity index (χ4v) is 1.72. The minimum atomic E-state index is -0.198. The van der Waals surface area contributed by atoms with Gasteiger partial charge in [0, 0.05) is 23.7 Å². The van der Waals surface area contributed by atoms with Crippen LogP contribution in [0, 0.1) is 0 Å². The van der Waals surface area contributed by atoms with Crippen LogP contribution >= 0.6 is 11.6 Å². The van der Waals surface area contributed by atoms with Crippen LogP contribution in [-0.4, -0.2) is 24.4 Å². The van der Waals surface area contributed by atoms with E-state index in [0.717, 1.165) is 0 Å². The molecule has 2 amide bonds. The van der Waals surface area contributed by atoms with Crippen LogP contribution in [0.15, 0.2) is 24.3 Å². The summed E-state index contributed by atoms with van der Waals surface area (Å²) in [6, 6.07) is 6.92. The van der Waals surface area contributed by atoms with E-state index < -0.39 is 0 Å². The van der Waals surface area contributed by atoms with E-state index in [-0.39, 0.29) is 24.4 Å². The molecule has 0 aromatic heterocycles. The number of nitrogens with zero attached hydrogens (tertiary/aromatic N) is 1. The van der Waals surface area contributed by atoms with Crippen molar-refractivity contribution in [1.82, 2.24) is 5.32 Å². The molecule has 0 unspecified atom stereocenters. The molecule has 0 spiro atoms. The molecular formula is C13H17ClN2O2. The molecule has 1 N–H and O–H groups in total. The highest BCUT2D eigenvalue weighted by Gasteiger charge is 2.16. The van der Waals surface area contributed by atoms with Crippen molar-refractivity contribution in [3.8, 4) is 0 Å². The second-order valence-corrected chi connectivity index (χ2v) is 4.74. The van der Waals surface area contributed by atoms with E-state index in [2.05, 4.69) is 5.32 Å². The van der Waals surface area contributed by atoms with Gasteiger partial charge in [0.05, 0.1) is 0 Å². The number of anilines is 1. The summed E-state index contributed by atoms with van der Waals surface area (Å²) in [6.45, 7) is 5.15. The summed E-state index contributed by atoms with van der Waals surface area (Å²) in [7, 11) is 0.